The summed E-state index contributed by atoms with van der Waals surface area (Å²) in [5.41, 5.74) is 2.22. The van der Waals surface area contributed by atoms with Crippen LogP contribution in [0, 0.1) is 0 Å². The zero-order chi connectivity index (χ0) is 23.0. The van der Waals surface area contributed by atoms with E-state index in [0.29, 0.717) is 5.03 Å². The lowest BCUT2D eigenvalue weighted by Gasteiger charge is -2.27. The second-order valence-corrected chi connectivity index (χ2v) is 11.6. The van der Waals surface area contributed by atoms with Crippen molar-refractivity contribution in [2.45, 2.75) is 61.9 Å². The van der Waals surface area contributed by atoms with Gasteiger partial charge in [-0.2, -0.15) is 5.10 Å². The molecule has 0 N–H and O–H groups in total. The summed E-state index contributed by atoms with van der Waals surface area (Å²) in [6.07, 6.45) is 6.37. The molecule has 3 aromatic carbocycles. The lowest BCUT2D eigenvalue weighted by Crippen LogP contribution is -2.26. The van der Waals surface area contributed by atoms with E-state index < -0.39 is 9.52 Å². The summed E-state index contributed by atoms with van der Waals surface area (Å²) in [7, 11) is -2.82. The predicted octanol–water partition coefficient (Wildman–Crippen LogP) is 6.68. The molecule has 4 aromatic rings. The van der Waals surface area contributed by atoms with E-state index in [9.17, 15) is 4.21 Å². The minimum Gasteiger partial charge on any atom is -0.372 e. The van der Waals surface area contributed by atoms with Crippen LogP contribution in [0.5, 0.6) is 0 Å². The number of nitrogens with zero attached hydrogens (tertiary/aromatic N) is 3. The maximum atomic E-state index is 14.4. The van der Waals surface area contributed by atoms with E-state index in [4.69, 9.17) is 5.10 Å². The van der Waals surface area contributed by atoms with E-state index in [2.05, 4.69) is 54.9 Å². The molecule has 172 valence electrons. The van der Waals surface area contributed by atoms with Gasteiger partial charge in [-0.15, -0.1) is 0 Å². The Hall–Kier alpha value is -2.79. The van der Waals surface area contributed by atoms with Gasteiger partial charge < -0.3 is 4.90 Å². The molecule has 0 spiro atoms. The van der Waals surface area contributed by atoms with Gasteiger partial charge in [0.05, 0.1) is 5.52 Å². The number of benzene rings is 3. The Bertz CT molecular complexity index is 1390. The van der Waals surface area contributed by atoms with E-state index in [1.807, 2.05) is 35.0 Å². The summed E-state index contributed by atoms with van der Waals surface area (Å²) in [5.74, 6) is 4.29. The molecule has 0 saturated carbocycles. The van der Waals surface area contributed by atoms with Crippen molar-refractivity contribution < 1.29 is 4.21 Å². The number of hydrogen-bond acceptors (Lipinski definition) is 3. The first-order chi connectivity index (χ1) is 16.0. The molecule has 2 heterocycles. The minimum absolute atomic E-state index is 0.163. The fourth-order valence-electron chi connectivity index (χ4n) is 5.03. The van der Waals surface area contributed by atoms with Crippen molar-refractivity contribution in [3.05, 3.63) is 60.7 Å². The molecular formula is C28H33N3OS. The maximum Gasteiger partial charge on any atom is 0.153 e. The van der Waals surface area contributed by atoms with Crippen LogP contribution in [0.3, 0.4) is 0 Å². The Labute approximate surface area is 197 Å². The third-order valence-electron chi connectivity index (χ3n) is 6.78. The zero-order valence-electron chi connectivity index (χ0n) is 19.7. The van der Waals surface area contributed by atoms with E-state index in [1.54, 1.807) is 0 Å². The van der Waals surface area contributed by atoms with Crippen molar-refractivity contribution in [2.75, 3.05) is 18.0 Å². The van der Waals surface area contributed by atoms with Crippen LogP contribution in [0.4, 0.5) is 5.69 Å². The zero-order valence-corrected chi connectivity index (χ0v) is 20.5. The van der Waals surface area contributed by atoms with Gasteiger partial charge in [-0.3, -0.25) is 8.89 Å². The number of rotatable bonds is 4. The Morgan fingerprint density at radius 2 is 1.58 bits per heavy atom. The molecule has 5 heteroatoms. The average Bonchev–Trinajstić information content (AvgIpc) is 3.18. The minimum atomic E-state index is -2.82. The van der Waals surface area contributed by atoms with Gasteiger partial charge in [0.1, 0.15) is 0 Å². The number of anilines is 1. The normalized spacial score (nSPS) is 17.2. The lowest BCUT2D eigenvalue weighted by molar-refractivity contribution is 0.537. The summed E-state index contributed by atoms with van der Waals surface area (Å²) >= 11 is 0. The molecule has 1 unspecified atom stereocenters. The third kappa shape index (κ3) is 4.04. The molecule has 33 heavy (non-hydrogen) atoms. The highest BCUT2D eigenvalue weighted by atomic mass is 32.2. The quantitative estimate of drug-likeness (QED) is 0.320. The van der Waals surface area contributed by atoms with Gasteiger partial charge in [-0.05, 0) is 67.6 Å². The topological polar surface area (TPSA) is 38.1 Å². The van der Waals surface area contributed by atoms with Gasteiger partial charge in [0.2, 0.25) is 0 Å². The second-order valence-electron chi connectivity index (χ2n) is 9.45. The fourth-order valence-corrected chi connectivity index (χ4v) is 6.81. The number of aromatic nitrogens is 2. The second kappa shape index (κ2) is 8.86. The lowest BCUT2D eigenvalue weighted by atomic mass is 10.1. The van der Waals surface area contributed by atoms with Gasteiger partial charge in [0, 0.05) is 44.6 Å². The first kappa shape index (κ1) is 22.0. The highest BCUT2D eigenvalue weighted by Crippen LogP contribution is 2.35. The van der Waals surface area contributed by atoms with Crippen LogP contribution in [-0.2, 0) is 9.52 Å². The van der Waals surface area contributed by atoms with Crippen LogP contribution in [0.25, 0.3) is 21.7 Å². The number of hydrogen-bond donors (Lipinski definition) is 0. The smallest absolute Gasteiger partial charge is 0.153 e. The van der Waals surface area contributed by atoms with Gasteiger partial charge in [0.25, 0.3) is 0 Å². The van der Waals surface area contributed by atoms with Crippen molar-refractivity contribution in [3.8, 4) is 0 Å². The van der Waals surface area contributed by atoms with Crippen molar-refractivity contribution in [3.63, 3.8) is 0 Å². The molecule has 0 radical (unpaired) electrons. The summed E-state index contributed by atoms with van der Waals surface area (Å²) < 4.78 is 16.4. The van der Waals surface area contributed by atoms with E-state index in [0.717, 1.165) is 39.7 Å². The van der Waals surface area contributed by atoms with Gasteiger partial charge in [-0.25, -0.2) is 0 Å². The van der Waals surface area contributed by atoms with Crippen molar-refractivity contribution >= 4 is 42.8 Å². The molecule has 0 aliphatic carbocycles. The average molecular weight is 460 g/mol. The van der Waals surface area contributed by atoms with Crippen LogP contribution < -0.4 is 4.90 Å². The molecule has 1 atom stereocenters. The molecular weight excluding hydrogens is 426 g/mol. The molecule has 1 fully saturated rings. The van der Waals surface area contributed by atoms with Gasteiger partial charge in [0.15, 0.2) is 5.03 Å². The van der Waals surface area contributed by atoms with Crippen LogP contribution in [-0.4, -0.2) is 32.9 Å². The summed E-state index contributed by atoms with van der Waals surface area (Å²) in [6, 6.07) is 20.8. The van der Waals surface area contributed by atoms with Crippen LogP contribution in [0.2, 0.25) is 0 Å². The molecule has 0 bridgehead atoms. The first-order valence-electron chi connectivity index (χ1n) is 12.1. The Morgan fingerprint density at radius 1 is 0.879 bits per heavy atom. The highest BCUT2D eigenvalue weighted by Gasteiger charge is 2.24. The summed E-state index contributed by atoms with van der Waals surface area (Å²) in [5, 5.41) is 8.52. The molecule has 1 saturated heterocycles. The molecule has 1 aliphatic rings. The molecule has 5 rings (SSSR count). The van der Waals surface area contributed by atoms with Gasteiger partial charge >= 0.3 is 0 Å². The highest BCUT2D eigenvalue weighted by molar-refractivity contribution is 8.00. The molecule has 1 aliphatic heterocycles. The van der Waals surface area contributed by atoms with E-state index >= 15 is 0 Å². The SMILES string of the molecule is C=S(=O)(c1cccc2ccccc12)c1nn(C(C)C)c2ccc(N3CCCCCCC3)cc12. The van der Waals surface area contributed by atoms with Crippen LogP contribution in [0.1, 0.15) is 52.0 Å². The Morgan fingerprint density at radius 3 is 2.33 bits per heavy atom. The third-order valence-corrected chi connectivity index (χ3v) is 8.78. The van der Waals surface area contributed by atoms with Crippen molar-refractivity contribution in [1.82, 2.24) is 9.78 Å². The van der Waals surface area contributed by atoms with Gasteiger partial charge in [-0.1, -0.05) is 55.7 Å². The maximum absolute atomic E-state index is 14.4. The summed E-state index contributed by atoms with van der Waals surface area (Å²) in [4.78, 5) is 3.24. The van der Waals surface area contributed by atoms with Crippen molar-refractivity contribution in [1.29, 1.82) is 0 Å². The van der Waals surface area contributed by atoms with Crippen LogP contribution >= 0.6 is 0 Å². The van der Waals surface area contributed by atoms with Crippen LogP contribution in [0.15, 0.2) is 70.6 Å². The van der Waals surface area contributed by atoms with Crippen molar-refractivity contribution in [2.24, 2.45) is 0 Å². The monoisotopic (exact) mass is 459 g/mol. The number of fused-ring (bicyclic) bond motifs is 2. The predicted molar refractivity (Wildman–Crippen MR) is 141 cm³/mol. The Kier molecular flexibility index (Phi) is 5.92. The standard InChI is InChI=1S/C28H33N3OS/c1-21(2)31-26-17-16-23(30-18-9-5-4-6-10-19-30)20-25(26)28(29-31)33(3,32)27-15-11-13-22-12-7-8-14-24(22)27/h7-8,11-17,20-21H,3-6,9-10,18-19H2,1-2H3. The molecule has 1 aromatic heterocycles. The molecule has 0 amide bonds. The van der Waals surface area contributed by atoms with E-state index in [-0.39, 0.29) is 6.04 Å². The first-order valence-corrected chi connectivity index (χ1v) is 13.8. The fraction of sp³-hybridized carbons (Fsp3) is 0.357. The van der Waals surface area contributed by atoms with E-state index in [1.165, 1.54) is 37.8 Å². The molecule has 4 nitrogen and oxygen atoms in total. The largest absolute Gasteiger partial charge is 0.372 e. The summed E-state index contributed by atoms with van der Waals surface area (Å²) in [6.45, 7) is 6.38. The Balaban J connectivity index is 1.69.